The molecule has 0 unspecified atom stereocenters. The lowest BCUT2D eigenvalue weighted by Crippen LogP contribution is -2.11. The molecule has 1 rings (SSSR count). The predicted octanol–water partition coefficient (Wildman–Crippen LogP) is 3.12. The highest BCUT2D eigenvalue weighted by Gasteiger charge is 2.12. The maximum atomic E-state index is 5.34. The second-order valence-corrected chi connectivity index (χ2v) is 3.31. The van der Waals surface area contributed by atoms with Crippen LogP contribution >= 0.6 is 0 Å². The molecule has 1 aliphatic carbocycles. The Hall–Kier alpha value is -0.460. The molecule has 64 valence electrons. The van der Waals surface area contributed by atoms with Crippen LogP contribution in [-0.4, -0.2) is 6.61 Å². The van der Waals surface area contributed by atoms with Crippen molar-refractivity contribution < 1.29 is 4.74 Å². The first-order valence-electron chi connectivity index (χ1n) is 4.66. The molecule has 0 bridgehead atoms. The van der Waals surface area contributed by atoms with Crippen LogP contribution in [0.25, 0.3) is 0 Å². The normalized spacial score (nSPS) is 20.8. The third-order valence-corrected chi connectivity index (χ3v) is 2.29. The molecular formula is C10H18O. The number of hydrogen-bond donors (Lipinski definition) is 0. The largest absolute Gasteiger partial charge is 0.501 e. The fourth-order valence-electron chi connectivity index (χ4n) is 1.64. The standard InChI is InChI=1S/C10H18O/c1-2-8-11-9-10-6-4-3-5-7-10/h2,8,10H,3-7,9H2,1H3/b8-2+. The first kappa shape index (κ1) is 8.63. The van der Waals surface area contributed by atoms with Crippen molar-refractivity contribution in [2.45, 2.75) is 39.0 Å². The molecule has 0 aromatic rings. The molecule has 0 spiro atoms. The molecule has 0 N–H and O–H groups in total. The first-order chi connectivity index (χ1) is 5.43. The quantitative estimate of drug-likeness (QED) is 0.567. The summed E-state index contributed by atoms with van der Waals surface area (Å²) in [6, 6.07) is 0. The predicted molar refractivity (Wildman–Crippen MR) is 47.3 cm³/mol. The van der Waals surface area contributed by atoms with Crippen molar-refractivity contribution in [2.24, 2.45) is 5.92 Å². The van der Waals surface area contributed by atoms with Crippen molar-refractivity contribution in [3.63, 3.8) is 0 Å². The molecule has 0 amide bonds. The van der Waals surface area contributed by atoms with Gasteiger partial charge in [0.2, 0.25) is 0 Å². The minimum atomic E-state index is 0.833. The number of ether oxygens (including phenoxy) is 1. The lowest BCUT2D eigenvalue weighted by molar-refractivity contribution is 0.165. The molecular weight excluding hydrogens is 136 g/mol. The first-order valence-corrected chi connectivity index (χ1v) is 4.66. The van der Waals surface area contributed by atoms with E-state index in [1.165, 1.54) is 32.1 Å². The molecule has 0 aromatic carbocycles. The zero-order valence-electron chi connectivity index (χ0n) is 7.38. The summed E-state index contributed by atoms with van der Waals surface area (Å²) in [5.41, 5.74) is 0. The molecule has 0 aromatic heterocycles. The zero-order chi connectivity index (χ0) is 7.94. The van der Waals surface area contributed by atoms with Crippen molar-refractivity contribution in [3.05, 3.63) is 12.3 Å². The van der Waals surface area contributed by atoms with Crippen LogP contribution in [0.1, 0.15) is 39.0 Å². The molecule has 0 atom stereocenters. The van der Waals surface area contributed by atoms with Crippen molar-refractivity contribution in [1.82, 2.24) is 0 Å². The Kier molecular flexibility index (Phi) is 4.10. The Balaban J connectivity index is 2.04. The van der Waals surface area contributed by atoms with E-state index < -0.39 is 0 Å². The van der Waals surface area contributed by atoms with E-state index in [2.05, 4.69) is 0 Å². The van der Waals surface area contributed by atoms with Crippen LogP contribution in [0.2, 0.25) is 0 Å². The minimum Gasteiger partial charge on any atom is -0.501 e. The van der Waals surface area contributed by atoms with Gasteiger partial charge >= 0.3 is 0 Å². The van der Waals surface area contributed by atoms with Gasteiger partial charge in [-0.1, -0.05) is 25.3 Å². The Morgan fingerprint density at radius 3 is 2.64 bits per heavy atom. The molecule has 1 fully saturated rings. The van der Waals surface area contributed by atoms with Gasteiger partial charge in [-0.15, -0.1) is 0 Å². The van der Waals surface area contributed by atoms with Crippen molar-refractivity contribution >= 4 is 0 Å². The number of hydrogen-bond acceptors (Lipinski definition) is 1. The smallest absolute Gasteiger partial charge is 0.0901 e. The van der Waals surface area contributed by atoms with Gasteiger partial charge in [0.05, 0.1) is 12.9 Å². The van der Waals surface area contributed by atoms with E-state index in [9.17, 15) is 0 Å². The third-order valence-electron chi connectivity index (χ3n) is 2.29. The van der Waals surface area contributed by atoms with E-state index >= 15 is 0 Å². The van der Waals surface area contributed by atoms with Crippen LogP contribution in [0.5, 0.6) is 0 Å². The van der Waals surface area contributed by atoms with Gasteiger partial charge < -0.3 is 4.74 Å². The van der Waals surface area contributed by atoms with E-state index in [0.717, 1.165) is 12.5 Å². The molecule has 1 nitrogen and oxygen atoms in total. The van der Waals surface area contributed by atoms with Crippen LogP contribution in [0, 0.1) is 5.92 Å². The molecule has 1 heteroatoms. The average Bonchev–Trinajstić information content (AvgIpc) is 2.07. The van der Waals surface area contributed by atoms with Gasteiger partial charge in [-0.2, -0.15) is 0 Å². The highest BCUT2D eigenvalue weighted by atomic mass is 16.5. The van der Waals surface area contributed by atoms with Crippen LogP contribution < -0.4 is 0 Å². The molecule has 1 aliphatic rings. The number of allylic oxidation sites excluding steroid dienone is 1. The SMILES string of the molecule is C/C=C/OCC1CCCCC1. The average molecular weight is 154 g/mol. The third kappa shape index (κ3) is 3.45. The Morgan fingerprint density at radius 1 is 1.27 bits per heavy atom. The van der Waals surface area contributed by atoms with E-state index in [-0.39, 0.29) is 0 Å². The van der Waals surface area contributed by atoms with Gasteiger partial charge in [-0.05, 0) is 25.7 Å². The van der Waals surface area contributed by atoms with Crippen LogP contribution in [0.15, 0.2) is 12.3 Å². The Bertz CT molecular complexity index is 112. The minimum absolute atomic E-state index is 0.833. The van der Waals surface area contributed by atoms with E-state index in [1.807, 2.05) is 13.0 Å². The van der Waals surface area contributed by atoms with E-state index in [4.69, 9.17) is 4.74 Å². The van der Waals surface area contributed by atoms with Crippen LogP contribution in [0.3, 0.4) is 0 Å². The summed E-state index contributed by atoms with van der Waals surface area (Å²) in [5.74, 6) is 0.833. The fourth-order valence-corrected chi connectivity index (χ4v) is 1.64. The molecule has 0 aliphatic heterocycles. The van der Waals surface area contributed by atoms with Gasteiger partial charge in [0.1, 0.15) is 0 Å². The summed E-state index contributed by atoms with van der Waals surface area (Å²) in [4.78, 5) is 0. The lowest BCUT2D eigenvalue weighted by Gasteiger charge is -2.20. The zero-order valence-corrected chi connectivity index (χ0v) is 7.38. The van der Waals surface area contributed by atoms with Crippen LogP contribution in [0.4, 0.5) is 0 Å². The van der Waals surface area contributed by atoms with E-state index in [0.29, 0.717) is 0 Å². The molecule has 0 radical (unpaired) electrons. The number of rotatable bonds is 3. The molecule has 1 saturated carbocycles. The monoisotopic (exact) mass is 154 g/mol. The van der Waals surface area contributed by atoms with Gasteiger partial charge in [-0.3, -0.25) is 0 Å². The maximum Gasteiger partial charge on any atom is 0.0901 e. The summed E-state index contributed by atoms with van der Waals surface area (Å²) in [6.07, 6.45) is 10.7. The maximum absolute atomic E-state index is 5.34. The van der Waals surface area contributed by atoms with Gasteiger partial charge in [0, 0.05) is 0 Å². The summed E-state index contributed by atoms with van der Waals surface area (Å²) >= 11 is 0. The van der Waals surface area contributed by atoms with Gasteiger partial charge in [0.15, 0.2) is 0 Å². The van der Waals surface area contributed by atoms with E-state index in [1.54, 1.807) is 6.26 Å². The Labute approximate surface area is 69.4 Å². The van der Waals surface area contributed by atoms with Crippen molar-refractivity contribution in [3.8, 4) is 0 Å². The van der Waals surface area contributed by atoms with Crippen molar-refractivity contribution in [1.29, 1.82) is 0 Å². The highest BCUT2D eigenvalue weighted by molar-refractivity contribution is 4.69. The lowest BCUT2D eigenvalue weighted by atomic mass is 9.90. The van der Waals surface area contributed by atoms with Crippen molar-refractivity contribution in [2.75, 3.05) is 6.61 Å². The van der Waals surface area contributed by atoms with Crippen LogP contribution in [-0.2, 0) is 4.74 Å². The topological polar surface area (TPSA) is 9.23 Å². The molecule has 0 saturated heterocycles. The second kappa shape index (κ2) is 5.22. The second-order valence-electron chi connectivity index (χ2n) is 3.31. The molecule has 11 heavy (non-hydrogen) atoms. The van der Waals surface area contributed by atoms with Gasteiger partial charge in [-0.25, -0.2) is 0 Å². The fraction of sp³-hybridized carbons (Fsp3) is 0.800. The summed E-state index contributed by atoms with van der Waals surface area (Å²) in [5, 5.41) is 0. The molecule has 0 heterocycles. The summed E-state index contributed by atoms with van der Waals surface area (Å²) < 4.78 is 5.34. The Morgan fingerprint density at radius 2 is 2.00 bits per heavy atom. The summed E-state index contributed by atoms with van der Waals surface area (Å²) in [7, 11) is 0. The van der Waals surface area contributed by atoms with Gasteiger partial charge in [0.25, 0.3) is 0 Å². The summed E-state index contributed by atoms with van der Waals surface area (Å²) in [6.45, 7) is 2.92. The highest BCUT2D eigenvalue weighted by Crippen LogP contribution is 2.23.